The molecule has 1 aromatic heterocycles. The van der Waals surface area contributed by atoms with Crippen LogP contribution in [-0.4, -0.2) is 53.5 Å². The molecule has 1 heterocycles. The number of allylic oxidation sites excluding steroid dienone is 2. The molecule has 0 fully saturated rings. The van der Waals surface area contributed by atoms with Gasteiger partial charge < -0.3 is 22.7 Å². The van der Waals surface area contributed by atoms with Gasteiger partial charge in [0.25, 0.3) is 0 Å². The van der Waals surface area contributed by atoms with E-state index in [0.29, 0.717) is 43.9 Å². The van der Waals surface area contributed by atoms with Gasteiger partial charge in [-0.15, -0.1) is 0 Å². The van der Waals surface area contributed by atoms with Crippen LogP contribution in [0.5, 0.6) is 0 Å². The van der Waals surface area contributed by atoms with Crippen LogP contribution in [0.1, 0.15) is 79.8 Å². The zero-order chi connectivity index (χ0) is 30.1. The zero-order valence-corrected chi connectivity index (χ0v) is 28.9. The lowest BCUT2D eigenvalue weighted by atomic mass is 10.1. The molecule has 0 aliphatic carbocycles. The van der Waals surface area contributed by atoms with Crippen LogP contribution in [0.4, 0.5) is 0 Å². The first-order valence-corrected chi connectivity index (χ1v) is 19.9. The van der Waals surface area contributed by atoms with Crippen LogP contribution in [0.15, 0.2) is 34.5 Å². The second kappa shape index (κ2) is 14.9. The Morgan fingerprint density at radius 2 is 1.67 bits per heavy atom. The molecule has 0 bridgehead atoms. The lowest BCUT2D eigenvalue weighted by Gasteiger charge is -2.39. The van der Waals surface area contributed by atoms with Gasteiger partial charge in [0.2, 0.25) is 0 Å². The number of ether oxygens (including phenoxy) is 2. The molecule has 7 nitrogen and oxygen atoms in total. The number of hydrogen-bond acceptors (Lipinski definition) is 7. The van der Waals surface area contributed by atoms with Gasteiger partial charge in [0.15, 0.2) is 22.5 Å². The molecule has 1 rings (SSSR count). The summed E-state index contributed by atoms with van der Waals surface area (Å²) >= 11 is 0. The number of carbonyl (C=O) groups excluding carboxylic acids is 1. The van der Waals surface area contributed by atoms with Crippen LogP contribution in [-0.2, 0) is 36.1 Å². The maximum atomic E-state index is 11.8. The maximum Gasteiger partial charge on any atom is 0.333 e. The van der Waals surface area contributed by atoms with Crippen molar-refractivity contribution in [3.63, 3.8) is 0 Å². The molecule has 0 amide bonds. The lowest BCUT2D eigenvalue weighted by molar-refractivity contribution is -0.138. The Labute approximate surface area is 240 Å². The van der Waals surface area contributed by atoms with E-state index in [1.54, 1.807) is 33.3 Å². The fraction of sp³-hybridized carbons (Fsp3) is 0.733. The standard InChI is InChI=1S/C30H55NO6Si2/c1-14-34-28(32)23(2)17-15-16-18-25(33-9)19-26(37-39(12,13)30(6,7)8)20-27-31-24(21-35-27)22-36-38(10,11)29(3,4)5/h15-17,21,25-26H,14,18-20,22H2,1-13H3/b16-15+,23-17+/t25-,26+/m1/s1. The number of esters is 1. The Bertz CT molecular complexity index is 953. The summed E-state index contributed by atoms with van der Waals surface area (Å²) in [5.74, 6) is 0.360. The Balaban J connectivity index is 2.99. The largest absolute Gasteiger partial charge is 0.463 e. The van der Waals surface area contributed by atoms with E-state index in [4.69, 9.17) is 27.7 Å². The third kappa shape index (κ3) is 11.9. The topological polar surface area (TPSA) is 80.0 Å². The monoisotopic (exact) mass is 581 g/mol. The van der Waals surface area contributed by atoms with E-state index in [1.165, 1.54) is 0 Å². The van der Waals surface area contributed by atoms with E-state index in [1.807, 2.05) is 12.2 Å². The van der Waals surface area contributed by atoms with Crippen molar-refractivity contribution in [3.8, 4) is 0 Å². The quantitative estimate of drug-likeness (QED) is 0.0898. The van der Waals surface area contributed by atoms with Crippen LogP contribution in [0.2, 0.25) is 36.3 Å². The molecular formula is C30H55NO6Si2. The average molecular weight is 582 g/mol. The molecule has 0 aliphatic rings. The van der Waals surface area contributed by atoms with E-state index >= 15 is 0 Å². The van der Waals surface area contributed by atoms with E-state index in [2.05, 4.69) is 67.7 Å². The van der Waals surface area contributed by atoms with Gasteiger partial charge in [-0.05, 0) is 63.0 Å². The highest BCUT2D eigenvalue weighted by Gasteiger charge is 2.40. The first kappa shape index (κ1) is 35.5. The van der Waals surface area contributed by atoms with Gasteiger partial charge in [-0.25, -0.2) is 9.78 Å². The number of hydrogen-bond donors (Lipinski definition) is 0. The van der Waals surface area contributed by atoms with Crippen molar-refractivity contribution >= 4 is 22.6 Å². The van der Waals surface area contributed by atoms with Gasteiger partial charge >= 0.3 is 5.97 Å². The Morgan fingerprint density at radius 1 is 1.05 bits per heavy atom. The summed E-state index contributed by atoms with van der Waals surface area (Å²) in [5, 5.41) is 0.209. The summed E-state index contributed by atoms with van der Waals surface area (Å²) in [6, 6.07) is 0. The van der Waals surface area contributed by atoms with Gasteiger partial charge in [-0.3, -0.25) is 0 Å². The number of aromatic nitrogens is 1. The molecule has 0 saturated carbocycles. The van der Waals surface area contributed by atoms with Crippen LogP contribution < -0.4 is 0 Å². The number of rotatable bonds is 15. The second-order valence-electron chi connectivity index (χ2n) is 13.3. The summed E-state index contributed by atoms with van der Waals surface area (Å²) in [6.07, 6.45) is 9.18. The number of nitrogens with zero attached hydrogens (tertiary/aromatic N) is 1. The third-order valence-corrected chi connectivity index (χ3v) is 17.0. The Kier molecular flexibility index (Phi) is 13.6. The molecule has 1 aromatic rings. The first-order valence-electron chi connectivity index (χ1n) is 14.1. The molecule has 9 heteroatoms. The highest BCUT2D eigenvalue weighted by Crippen LogP contribution is 2.39. The number of oxazole rings is 1. The average Bonchev–Trinajstić information content (AvgIpc) is 3.25. The van der Waals surface area contributed by atoms with Crippen molar-refractivity contribution in [2.45, 2.75) is 130 Å². The molecule has 0 radical (unpaired) electrons. The van der Waals surface area contributed by atoms with Gasteiger partial charge in [0, 0.05) is 19.1 Å². The molecule has 0 saturated heterocycles. The van der Waals surface area contributed by atoms with E-state index < -0.39 is 16.6 Å². The van der Waals surface area contributed by atoms with E-state index in [9.17, 15) is 4.79 Å². The molecule has 0 spiro atoms. The van der Waals surface area contributed by atoms with Crippen molar-refractivity contribution in [2.75, 3.05) is 13.7 Å². The summed E-state index contributed by atoms with van der Waals surface area (Å²) < 4.78 is 29.9. The van der Waals surface area contributed by atoms with Crippen molar-refractivity contribution in [3.05, 3.63) is 41.6 Å². The molecule has 0 unspecified atom stereocenters. The van der Waals surface area contributed by atoms with Crippen molar-refractivity contribution < 1.29 is 27.5 Å². The summed E-state index contributed by atoms with van der Waals surface area (Å²) in [5.41, 5.74) is 1.38. The molecule has 39 heavy (non-hydrogen) atoms. The highest BCUT2D eigenvalue weighted by molar-refractivity contribution is 6.74. The zero-order valence-electron chi connectivity index (χ0n) is 26.9. The highest BCUT2D eigenvalue weighted by atomic mass is 28.4. The molecule has 224 valence electrons. The molecule has 0 aromatic carbocycles. The first-order chi connectivity index (χ1) is 17.8. The van der Waals surface area contributed by atoms with Crippen molar-refractivity contribution in [1.82, 2.24) is 4.98 Å². The predicted octanol–water partition coefficient (Wildman–Crippen LogP) is 7.99. The molecular weight excluding hydrogens is 527 g/mol. The fourth-order valence-electron chi connectivity index (χ4n) is 3.28. The van der Waals surface area contributed by atoms with Gasteiger partial charge in [0.05, 0.1) is 25.4 Å². The summed E-state index contributed by atoms with van der Waals surface area (Å²) in [6.45, 7) is 26.8. The minimum absolute atomic E-state index is 0.0522. The normalized spacial score (nSPS) is 15.6. The van der Waals surface area contributed by atoms with Gasteiger partial charge in [-0.1, -0.05) is 59.8 Å². The SMILES string of the molecule is CCOC(=O)/C(C)=C/C=C/C[C@H](C[C@@H](Cc1nc(CO[Si](C)(C)C(C)(C)C)co1)O[Si](C)(C)C(C)(C)C)OC. The third-order valence-electron chi connectivity index (χ3n) is 7.99. The van der Waals surface area contributed by atoms with E-state index in [0.717, 1.165) is 5.69 Å². The van der Waals surface area contributed by atoms with Gasteiger partial charge in [-0.2, -0.15) is 0 Å². The number of methoxy groups -OCH3 is 1. The Morgan fingerprint density at radius 3 is 2.21 bits per heavy atom. The van der Waals surface area contributed by atoms with Gasteiger partial charge in [0.1, 0.15) is 12.0 Å². The fourth-order valence-corrected chi connectivity index (χ4v) is 5.59. The minimum Gasteiger partial charge on any atom is -0.463 e. The van der Waals surface area contributed by atoms with Crippen LogP contribution >= 0.6 is 0 Å². The maximum absolute atomic E-state index is 11.8. The van der Waals surface area contributed by atoms with Crippen LogP contribution in [0.25, 0.3) is 0 Å². The summed E-state index contributed by atoms with van der Waals surface area (Å²) in [7, 11) is -2.20. The Hall–Kier alpha value is -1.53. The van der Waals surface area contributed by atoms with Crippen molar-refractivity contribution in [1.29, 1.82) is 0 Å². The summed E-state index contributed by atoms with van der Waals surface area (Å²) in [4.78, 5) is 16.6. The minimum atomic E-state index is -2.05. The van der Waals surface area contributed by atoms with E-state index in [-0.39, 0.29) is 28.3 Å². The lowest BCUT2D eigenvalue weighted by Crippen LogP contribution is -2.45. The van der Waals surface area contributed by atoms with Crippen LogP contribution in [0, 0.1) is 0 Å². The van der Waals surface area contributed by atoms with Crippen LogP contribution in [0.3, 0.4) is 0 Å². The predicted molar refractivity (Wildman–Crippen MR) is 164 cm³/mol. The molecule has 2 atom stereocenters. The molecule has 0 aliphatic heterocycles. The van der Waals surface area contributed by atoms with Crippen molar-refractivity contribution in [2.24, 2.45) is 0 Å². The smallest absolute Gasteiger partial charge is 0.333 e. The second-order valence-corrected chi connectivity index (χ2v) is 22.9. The molecule has 0 N–H and O–H groups in total. The number of carbonyl (C=O) groups is 1.